The molecule has 0 spiro atoms. The van der Waals surface area contributed by atoms with Gasteiger partial charge in [0.15, 0.2) is 5.96 Å². The van der Waals surface area contributed by atoms with Crippen LogP contribution in [0.15, 0.2) is 4.99 Å². The highest BCUT2D eigenvalue weighted by molar-refractivity contribution is 14.0. The van der Waals surface area contributed by atoms with E-state index in [1.165, 1.54) is 12.8 Å². The van der Waals surface area contributed by atoms with Crippen LogP contribution in [0.1, 0.15) is 44.9 Å². The molecule has 0 aromatic heterocycles. The summed E-state index contributed by atoms with van der Waals surface area (Å²) < 4.78 is 26.1. The number of halogens is 3. The fourth-order valence-corrected chi connectivity index (χ4v) is 2.82. The van der Waals surface area contributed by atoms with Crippen LogP contribution < -0.4 is 5.73 Å². The van der Waals surface area contributed by atoms with E-state index in [4.69, 9.17) is 5.73 Å². The van der Waals surface area contributed by atoms with E-state index in [1.807, 2.05) is 0 Å². The second-order valence-corrected chi connectivity index (χ2v) is 5.56. The zero-order valence-corrected chi connectivity index (χ0v) is 13.6. The van der Waals surface area contributed by atoms with Gasteiger partial charge in [-0.2, -0.15) is 0 Å². The molecule has 0 bridgehead atoms. The molecule has 0 radical (unpaired) electrons. The van der Waals surface area contributed by atoms with E-state index < -0.39 is 5.92 Å². The summed E-state index contributed by atoms with van der Waals surface area (Å²) in [6.07, 6.45) is 5.36. The van der Waals surface area contributed by atoms with Crippen molar-refractivity contribution in [3.8, 4) is 0 Å². The Kier molecular flexibility index (Phi) is 6.76. The van der Waals surface area contributed by atoms with Crippen LogP contribution in [-0.2, 0) is 0 Å². The van der Waals surface area contributed by atoms with Crippen molar-refractivity contribution in [2.45, 2.75) is 50.9 Å². The van der Waals surface area contributed by atoms with Crippen molar-refractivity contribution in [3.05, 3.63) is 0 Å². The lowest BCUT2D eigenvalue weighted by atomic mass is 10.1. The van der Waals surface area contributed by atoms with Crippen molar-refractivity contribution in [2.75, 3.05) is 19.6 Å². The SMILES string of the molecule is I.NC(=NCC1CCC(F)(F)C1)N1CCCCCC1. The summed E-state index contributed by atoms with van der Waals surface area (Å²) in [7, 11) is 0. The molecule has 112 valence electrons. The van der Waals surface area contributed by atoms with Gasteiger partial charge in [-0.05, 0) is 25.2 Å². The monoisotopic (exact) mass is 387 g/mol. The molecule has 1 saturated carbocycles. The maximum absolute atomic E-state index is 13.0. The smallest absolute Gasteiger partial charge is 0.248 e. The van der Waals surface area contributed by atoms with Gasteiger partial charge in [0.25, 0.3) is 0 Å². The summed E-state index contributed by atoms with van der Waals surface area (Å²) in [6, 6.07) is 0. The van der Waals surface area contributed by atoms with Gasteiger partial charge in [-0.1, -0.05) is 12.8 Å². The lowest BCUT2D eigenvalue weighted by Gasteiger charge is -2.21. The first kappa shape index (κ1) is 16.9. The minimum atomic E-state index is -2.47. The standard InChI is InChI=1S/C13H23F2N3.HI/c14-13(15)6-5-11(9-13)10-17-12(16)18-7-3-1-2-4-8-18;/h11H,1-10H2,(H2,16,17);1H. The lowest BCUT2D eigenvalue weighted by molar-refractivity contribution is 0.00541. The van der Waals surface area contributed by atoms with Crippen LogP contribution in [-0.4, -0.2) is 36.4 Å². The molecule has 1 aliphatic heterocycles. The molecule has 2 aliphatic rings. The molecule has 3 nitrogen and oxygen atoms in total. The van der Waals surface area contributed by atoms with Gasteiger partial charge in [0.1, 0.15) is 0 Å². The first-order chi connectivity index (χ1) is 8.57. The molecule has 1 saturated heterocycles. The molecule has 6 heteroatoms. The predicted octanol–water partition coefficient (Wildman–Crippen LogP) is 3.23. The van der Waals surface area contributed by atoms with Gasteiger partial charge in [0, 0.05) is 32.5 Å². The quantitative estimate of drug-likeness (QED) is 0.449. The summed E-state index contributed by atoms with van der Waals surface area (Å²) in [5, 5.41) is 0. The Hall–Kier alpha value is -0.140. The Morgan fingerprint density at radius 2 is 1.84 bits per heavy atom. The molecule has 1 heterocycles. The molecule has 2 N–H and O–H groups in total. The van der Waals surface area contributed by atoms with E-state index in [1.54, 1.807) is 0 Å². The summed E-state index contributed by atoms with van der Waals surface area (Å²) in [5.74, 6) is -1.92. The molecule has 1 aliphatic carbocycles. The number of nitrogens with zero attached hydrogens (tertiary/aromatic N) is 2. The number of hydrogen-bond acceptors (Lipinski definition) is 1. The van der Waals surface area contributed by atoms with Crippen LogP contribution in [0, 0.1) is 5.92 Å². The molecular formula is C13H24F2IN3. The molecular weight excluding hydrogens is 363 g/mol. The van der Waals surface area contributed by atoms with Crippen molar-refractivity contribution in [1.82, 2.24) is 4.90 Å². The van der Waals surface area contributed by atoms with Gasteiger partial charge < -0.3 is 10.6 Å². The topological polar surface area (TPSA) is 41.6 Å². The molecule has 19 heavy (non-hydrogen) atoms. The molecule has 2 fully saturated rings. The van der Waals surface area contributed by atoms with E-state index >= 15 is 0 Å². The van der Waals surface area contributed by atoms with Gasteiger partial charge in [0.2, 0.25) is 5.92 Å². The minimum absolute atomic E-state index is 0. The third-order valence-electron chi connectivity index (χ3n) is 3.95. The molecule has 1 atom stereocenters. The highest BCUT2D eigenvalue weighted by Crippen LogP contribution is 2.38. The predicted molar refractivity (Wildman–Crippen MR) is 84.2 cm³/mol. The first-order valence-electron chi connectivity index (χ1n) is 6.99. The molecule has 2 rings (SSSR count). The first-order valence-corrected chi connectivity index (χ1v) is 6.99. The van der Waals surface area contributed by atoms with Crippen LogP contribution in [0.2, 0.25) is 0 Å². The average molecular weight is 387 g/mol. The Labute approximate surface area is 131 Å². The van der Waals surface area contributed by atoms with Crippen LogP contribution >= 0.6 is 24.0 Å². The summed E-state index contributed by atoms with van der Waals surface area (Å²) in [6.45, 7) is 2.37. The van der Waals surface area contributed by atoms with Crippen LogP contribution in [0.5, 0.6) is 0 Å². The third-order valence-corrected chi connectivity index (χ3v) is 3.95. The maximum atomic E-state index is 13.0. The van der Waals surface area contributed by atoms with Crippen molar-refractivity contribution >= 4 is 29.9 Å². The normalized spacial score (nSPS) is 27.8. The average Bonchev–Trinajstić information content (AvgIpc) is 2.57. The van der Waals surface area contributed by atoms with Gasteiger partial charge in [-0.3, -0.25) is 4.99 Å². The fraction of sp³-hybridized carbons (Fsp3) is 0.923. The molecule has 0 amide bonds. The van der Waals surface area contributed by atoms with E-state index in [2.05, 4.69) is 9.89 Å². The number of nitrogens with two attached hydrogens (primary N) is 1. The van der Waals surface area contributed by atoms with E-state index in [-0.39, 0.29) is 42.7 Å². The summed E-state index contributed by atoms with van der Waals surface area (Å²) in [5.41, 5.74) is 5.95. The Morgan fingerprint density at radius 3 is 2.37 bits per heavy atom. The van der Waals surface area contributed by atoms with Gasteiger partial charge in [-0.15, -0.1) is 24.0 Å². The number of rotatable bonds is 2. The second kappa shape index (κ2) is 7.59. The van der Waals surface area contributed by atoms with Crippen LogP contribution in [0.4, 0.5) is 8.78 Å². The zero-order valence-electron chi connectivity index (χ0n) is 11.3. The van der Waals surface area contributed by atoms with E-state index in [0.29, 0.717) is 18.9 Å². The van der Waals surface area contributed by atoms with Gasteiger partial charge in [-0.25, -0.2) is 8.78 Å². The van der Waals surface area contributed by atoms with Crippen LogP contribution in [0.3, 0.4) is 0 Å². The molecule has 1 unspecified atom stereocenters. The largest absolute Gasteiger partial charge is 0.370 e. The van der Waals surface area contributed by atoms with Gasteiger partial charge >= 0.3 is 0 Å². The second-order valence-electron chi connectivity index (χ2n) is 5.56. The fourth-order valence-electron chi connectivity index (χ4n) is 2.82. The number of likely N-dealkylation sites (tertiary alicyclic amines) is 1. The highest BCUT2D eigenvalue weighted by Gasteiger charge is 2.39. The van der Waals surface area contributed by atoms with Crippen molar-refractivity contribution in [3.63, 3.8) is 0 Å². The summed E-state index contributed by atoms with van der Waals surface area (Å²) >= 11 is 0. The Bertz CT molecular complexity index is 302. The number of aliphatic imine (C=N–C) groups is 1. The van der Waals surface area contributed by atoms with E-state index in [9.17, 15) is 8.78 Å². The number of alkyl halides is 2. The minimum Gasteiger partial charge on any atom is -0.370 e. The lowest BCUT2D eigenvalue weighted by Crippen LogP contribution is -2.38. The number of guanidine groups is 1. The van der Waals surface area contributed by atoms with Crippen molar-refractivity contribution in [2.24, 2.45) is 16.6 Å². The van der Waals surface area contributed by atoms with Crippen molar-refractivity contribution < 1.29 is 8.78 Å². The van der Waals surface area contributed by atoms with Gasteiger partial charge in [0.05, 0.1) is 0 Å². The van der Waals surface area contributed by atoms with Crippen LogP contribution in [0.25, 0.3) is 0 Å². The highest BCUT2D eigenvalue weighted by atomic mass is 127. The summed E-state index contributed by atoms with van der Waals surface area (Å²) in [4.78, 5) is 6.42. The number of hydrogen-bond donors (Lipinski definition) is 1. The van der Waals surface area contributed by atoms with E-state index in [0.717, 1.165) is 25.9 Å². The Morgan fingerprint density at radius 1 is 1.21 bits per heavy atom. The third kappa shape index (κ3) is 5.39. The Balaban J connectivity index is 0.00000180. The molecule has 0 aromatic rings. The maximum Gasteiger partial charge on any atom is 0.248 e. The molecule has 0 aromatic carbocycles. The zero-order chi connectivity index (χ0) is 13.0. The van der Waals surface area contributed by atoms with Crippen molar-refractivity contribution in [1.29, 1.82) is 0 Å².